The number of carbonyl (C=O) groups excluding carboxylic acids is 1. The summed E-state index contributed by atoms with van der Waals surface area (Å²) in [7, 11) is -3.28. The highest BCUT2D eigenvalue weighted by Gasteiger charge is 2.53. The number of halogens is 2. The molecule has 2 heterocycles. The summed E-state index contributed by atoms with van der Waals surface area (Å²) in [5.74, 6) is 0.0114. The van der Waals surface area contributed by atoms with Gasteiger partial charge in [0, 0.05) is 17.3 Å². The second-order valence-corrected chi connectivity index (χ2v) is 9.72. The van der Waals surface area contributed by atoms with E-state index in [-0.39, 0.29) is 29.1 Å². The lowest BCUT2D eigenvalue weighted by atomic mass is 10.1. The fourth-order valence-corrected chi connectivity index (χ4v) is 6.14. The van der Waals surface area contributed by atoms with Crippen molar-refractivity contribution in [1.29, 1.82) is 0 Å². The van der Waals surface area contributed by atoms with E-state index in [0.717, 1.165) is 0 Å². The smallest absolute Gasteiger partial charge is 0.325 e. The summed E-state index contributed by atoms with van der Waals surface area (Å²) < 4.78 is 43.4. The van der Waals surface area contributed by atoms with Crippen LogP contribution in [-0.2, 0) is 16.4 Å². The molecule has 0 saturated carbocycles. The number of rotatable bonds is 5. The minimum absolute atomic E-state index is 0.0930. The highest BCUT2D eigenvalue weighted by molar-refractivity contribution is 7.91. The molecule has 154 valence electrons. The maximum Gasteiger partial charge on any atom is 0.325 e. The van der Waals surface area contributed by atoms with Crippen LogP contribution in [0.15, 0.2) is 42.5 Å². The highest BCUT2D eigenvalue weighted by atomic mass is 35.5. The van der Waals surface area contributed by atoms with Crippen molar-refractivity contribution in [3.05, 3.63) is 58.9 Å². The average molecular weight is 439 g/mol. The summed E-state index contributed by atoms with van der Waals surface area (Å²) >= 11 is 6.13. The molecule has 0 aromatic heterocycles. The maximum absolute atomic E-state index is 13.4. The Labute approximate surface area is 173 Å². The quantitative estimate of drug-likeness (QED) is 0.670. The van der Waals surface area contributed by atoms with Gasteiger partial charge in [0.1, 0.15) is 11.6 Å². The molecule has 4 rings (SSSR count). The molecule has 2 aliphatic heterocycles. The van der Waals surface area contributed by atoms with Gasteiger partial charge in [0.15, 0.2) is 9.84 Å². The van der Waals surface area contributed by atoms with Crippen LogP contribution in [0.1, 0.15) is 12.5 Å². The van der Waals surface area contributed by atoms with Gasteiger partial charge in [0.2, 0.25) is 0 Å². The van der Waals surface area contributed by atoms with Crippen molar-refractivity contribution < 1.29 is 22.3 Å². The maximum atomic E-state index is 13.4. The van der Waals surface area contributed by atoms with Crippen molar-refractivity contribution in [2.24, 2.45) is 0 Å². The van der Waals surface area contributed by atoms with Crippen LogP contribution in [0.3, 0.4) is 0 Å². The molecular formula is C20H20ClFN2O4S. The van der Waals surface area contributed by atoms with Crippen molar-refractivity contribution in [3.8, 4) is 5.75 Å². The molecule has 9 heteroatoms. The predicted octanol–water partition coefficient (Wildman–Crippen LogP) is 3.49. The standard InChI is InChI=1S/C20H20ClFN2O4S/c1-2-28-16-7-5-15(6-8-16)24-19-12-29(26,27)11-18(19)23(20(24)25)10-13-3-4-14(22)9-17(13)21/h3-9,18-19H,2,10-12H2,1H3. The molecule has 0 aliphatic carbocycles. The van der Waals surface area contributed by atoms with Crippen molar-refractivity contribution in [2.45, 2.75) is 25.6 Å². The Morgan fingerprint density at radius 2 is 1.83 bits per heavy atom. The van der Waals surface area contributed by atoms with Gasteiger partial charge in [-0.05, 0) is 48.9 Å². The molecule has 0 spiro atoms. The summed E-state index contributed by atoms with van der Waals surface area (Å²) in [6.45, 7) is 2.52. The summed E-state index contributed by atoms with van der Waals surface area (Å²) in [5.41, 5.74) is 1.18. The SMILES string of the molecule is CCOc1ccc(N2C(=O)N(Cc3ccc(F)cc3Cl)C3CS(=O)(=O)CC32)cc1. The Morgan fingerprint density at radius 1 is 1.14 bits per heavy atom. The number of nitrogens with zero attached hydrogens (tertiary/aromatic N) is 2. The first-order chi connectivity index (χ1) is 13.8. The van der Waals surface area contributed by atoms with Crippen LogP contribution < -0.4 is 9.64 Å². The third-order valence-electron chi connectivity index (χ3n) is 5.26. The zero-order valence-corrected chi connectivity index (χ0v) is 17.3. The van der Waals surface area contributed by atoms with Crippen molar-refractivity contribution in [1.82, 2.24) is 4.90 Å². The molecule has 0 N–H and O–H groups in total. The first-order valence-electron chi connectivity index (χ1n) is 9.26. The molecular weight excluding hydrogens is 419 g/mol. The third kappa shape index (κ3) is 3.79. The molecule has 2 aromatic rings. The van der Waals surface area contributed by atoms with Gasteiger partial charge in [-0.2, -0.15) is 0 Å². The molecule has 2 aliphatic rings. The second kappa shape index (κ2) is 7.50. The molecule has 2 atom stereocenters. The molecule has 2 unspecified atom stereocenters. The number of urea groups is 1. The topological polar surface area (TPSA) is 66.9 Å². The van der Waals surface area contributed by atoms with Gasteiger partial charge in [0.25, 0.3) is 0 Å². The van der Waals surface area contributed by atoms with E-state index in [1.807, 2.05) is 6.92 Å². The van der Waals surface area contributed by atoms with Crippen LogP contribution in [-0.4, -0.2) is 49.5 Å². The zero-order valence-electron chi connectivity index (χ0n) is 15.7. The summed E-state index contributed by atoms with van der Waals surface area (Å²) in [6.07, 6.45) is 0. The first-order valence-corrected chi connectivity index (χ1v) is 11.5. The summed E-state index contributed by atoms with van der Waals surface area (Å²) in [6, 6.07) is 9.72. The first kappa shape index (κ1) is 20.0. The normalized spacial score (nSPS) is 22.8. The van der Waals surface area contributed by atoms with E-state index < -0.39 is 27.7 Å². The van der Waals surface area contributed by atoms with E-state index in [2.05, 4.69) is 0 Å². The zero-order chi connectivity index (χ0) is 20.8. The predicted molar refractivity (Wildman–Crippen MR) is 109 cm³/mol. The van der Waals surface area contributed by atoms with Crippen LogP contribution in [0.4, 0.5) is 14.9 Å². The number of hydrogen-bond donors (Lipinski definition) is 0. The van der Waals surface area contributed by atoms with E-state index in [4.69, 9.17) is 16.3 Å². The fraction of sp³-hybridized carbons (Fsp3) is 0.350. The molecule has 2 saturated heterocycles. The summed E-state index contributed by atoms with van der Waals surface area (Å²) in [4.78, 5) is 16.3. The van der Waals surface area contributed by atoms with Gasteiger partial charge in [-0.25, -0.2) is 17.6 Å². The van der Waals surface area contributed by atoms with E-state index in [9.17, 15) is 17.6 Å². The number of fused-ring (bicyclic) bond motifs is 1. The number of anilines is 1. The van der Waals surface area contributed by atoms with Gasteiger partial charge < -0.3 is 9.64 Å². The Balaban J connectivity index is 1.67. The van der Waals surface area contributed by atoms with Crippen LogP contribution in [0.25, 0.3) is 0 Å². The van der Waals surface area contributed by atoms with Crippen LogP contribution in [0.2, 0.25) is 5.02 Å². The van der Waals surface area contributed by atoms with Gasteiger partial charge in [0.05, 0.1) is 30.2 Å². The van der Waals surface area contributed by atoms with Gasteiger partial charge in [-0.1, -0.05) is 17.7 Å². The lowest BCUT2D eigenvalue weighted by Crippen LogP contribution is -2.37. The highest BCUT2D eigenvalue weighted by Crippen LogP contribution is 2.37. The van der Waals surface area contributed by atoms with Crippen LogP contribution in [0, 0.1) is 5.82 Å². The number of hydrogen-bond acceptors (Lipinski definition) is 4. The number of amides is 2. The number of carbonyl (C=O) groups is 1. The van der Waals surface area contributed by atoms with Crippen LogP contribution in [0.5, 0.6) is 5.75 Å². The molecule has 0 bridgehead atoms. The van der Waals surface area contributed by atoms with E-state index in [0.29, 0.717) is 23.6 Å². The Hall–Kier alpha value is -2.32. The fourth-order valence-electron chi connectivity index (χ4n) is 3.97. The second-order valence-electron chi connectivity index (χ2n) is 7.15. The molecule has 2 fully saturated rings. The van der Waals surface area contributed by atoms with Crippen molar-refractivity contribution >= 4 is 33.2 Å². The Kier molecular flexibility index (Phi) is 5.16. The van der Waals surface area contributed by atoms with Gasteiger partial charge >= 0.3 is 6.03 Å². The number of ether oxygens (including phenoxy) is 1. The lowest BCUT2D eigenvalue weighted by Gasteiger charge is -2.23. The molecule has 0 radical (unpaired) electrons. The van der Waals surface area contributed by atoms with Gasteiger partial charge in [-0.3, -0.25) is 4.90 Å². The largest absolute Gasteiger partial charge is 0.494 e. The van der Waals surface area contributed by atoms with E-state index in [1.165, 1.54) is 28.0 Å². The Morgan fingerprint density at radius 3 is 2.48 bits per heavy atom. The van der Waals surface area contributed by atoms with Crippen LogP contribution >= 0.6 is 11.6 Å². The monoisotopic (exact) mass is 438 g/mol. The minimum Gasteiger partial charge on any atom is -0.494 e. The molecule has 2 amide bonds. The third-order valence-corrected chi connectivity index (χ3v) is 7.31. The summed E-state index contributed by atoms with van der Waals surface area (Å²) in [5, 5.41) is 0.203. The van der Waals surface area contributed by atoms with Crippen molar-refractivity contribution in [2.75, 3.05) is 23.0 Å². The minimum atomic E-state index is -3.28. The molecule has 6 nitrogen and oxygen atoms in total. The average Bonchev–Trinajstić information content (AvgIpc) is 3.09. The van der Waals surface area contributed by atoms with E-state index in [1.54, 1.807) is 24.3 Å². The molecule has 29 heavy (non-hydrogen) atoms. The van der Waals surface area contributed by atoms with E-state index >= 15 is 0 Å². The van der Waals surface area contributed by atoms with Crippen molar-refractivity contribution in [3.63, 3.8) is 0 Å². The Bertz CT molecular complexity index is 1040. The molecule has 2 aromatic carbocycles. The van der Waals surface area contributed by atoms with Gasteiger partial charge in [-0.15, -0.1) is 0 Å². The number of sulfone groups is 1. The lowest BCUT2D eigenvalue weighted by molar-refractivity contribution is 0.206. The number of benzene rings is 2.